The number of carbonyl (C=O) groups is 1. The van der Waals surface area contributed by atoms with Gasteiger partial charge >= 0.3 is 12.1 Å². The number of hydrogen-bond acceptors (Lipinski definition) is 3. The SMILES string of the molecule is COC(=O)C(C)(NCC(F)(F)F)c1cccc(Br)c1. The Bertz CT molecular complexity index is 465. The van der Waals surface area contributed by atoms with Crippen LogP contribution in [0.2, 0.25) is 0 Å². The smallest absolute Gasteiger partial charge is 0.401 e. The molecule has 0 fully saturated rings. The van der Waals surface area contributed by atoms with Crippen molar-refractivity contribution in [1.29, 1.82) is 0 Å². The fourth-order valence-corrected chi connectivity index (χ4v) is 1.97. The first-order valence-corrected chi connectivity index (χ1v) is 6.14. The quantitative estimate of drug-likeness (QED) is 0.857. The highest BCUT2D eigenvalue weighted by Crippen LogP contribution is 2.26. The van der Waals surface area contributed by atoms with E-state index in [0.29, 0.717) is 10.0 Å². The van der Waals surface area contributed by atoms with Gasteiger partial charge in [-0.1, -0.05) is 28.1 Å². The minimum Gasteiger partial charge on any atom is -0.467 e. The van der Waals surface area contributed by atoms with Crippen molar-refractivity contribution in [2.75, 3.05) is 13.7 Å². The molecule has 19 heavy (non-hydrogen) atoms. The third kappa shape index (κ3) is 4.21. The van der Waals surface area contributed by atoms with E-state index in [9.17, 15) is 18.0 Å². The van der Waals surface area contributed by atoms with E-state index in [1.165, 1.54) is 6.92 Å². The summed E-state index contributed by atoms with van der Waals surface area (Å²) in [5.41, 5.74) is -1.17. The van der Waals surface area contributed by atoms with Crippen LogP contribution in [-0.2, 0) is 15.1 Å². The molecule has 0 aliphatic heterocycles. The summed E-state index contributed by atoms with van der Waals surface area (Å²) in [4.78, 5) is 11.8. The summed E-state index contributed by atoms with van der Waals surface area (Å²) in [6.07, 6.45) is -4.42. The fraction of sp³-hybridized carbons (Fsp3) is 0.417. The number of carbonyl (C=O) groups excluding carboxylic acids is 1. The minimum atomic E-state index is -4.42. The van der Waals surface area contributed by atoms with Gasteiger partial charge in [0.15, 0.2) is 0 Å². The van der Waals surface area contributed by atoms with E-state index in [0.717, 1.165) is 7.11 Å². The highest BCUT2D eigenvalue weighted by atomic mass is 79.9. The normalized spacial score (nSPS) is 14.8. The molecule has 0 heterocycles. The van der Waals surface area contributed by atoms with Crippen molar-refractivity contribution in [2.24, 2.45) is 0 Å². The van der Waals surface area contributed by atoms with Crippen LogP contribution in [-0.4, -0.2) is 25.8 Å². The Morgan fingerprint density at radius 1 is 1.42 bits per heavy atom. The zero-order chi connectivity index (χ0) is 14.7. The molecule has 7 heteroatoms. The summed E-state index contributed by atoms with van der Waals surface area (Å²) in [5, 5.41) is 2.21. The Labute approximate surface area is 117 Å². The van der Waals surface area contributed by atoms with Crippen LogP contribution in [0.3, 0.4) is 0 Å². The van der Waals surface area contributed by atoms with E-state index >= 15 is 0 Å². The molecule has 1 atom stereocenters. The summed E-state index contributed by atoms with van der Waals surface area (Å²) in [7, 11) is 1.13. The van der Waals surface area contributed by atoms with Gasteiger partial charge in [0, 0.05) is 4.47 Å². The van der Waals surface area contributed by atoms with Crippen molar-refractivity contribution in [2.45, 2.75) is 18.6 Å². The Morgan fingerprint density at radius 3 is 2.53 bits per heavy atom. The van der Waals surface area contributed by atoms with E-state index in [2.05, 4.69) is 26.0 Å². The molecule has 106 valence electrons. The van der Waals surface area contributed by atoms with E-state index in [4.69, 9.17) is 0 Å². The van der Waals surface area contributed by atoms with Crippen LogP contribution in [0.15, 0.2) is 28.7 Å². The summed E-state index contributed by atoms with van der Waals surface area (Å²) in [6.45, 7) is 0.0669. The molecule has 1 N–H and O–H groups in total. The van der Waals surface area contributed by atoms with Crippen LogP contribution in [0.5, 0.6) is 0 Å². The second-order valence-electron chi connectivity index (χ2n) is 4.10. The van der Waals surface area contributed by atoms with Crippen LogP contribution < -0.4 is 5.32 Å². The summed E-state index contributed by atoms with van der Waals surface area (Å²) >= 11 is 3.21. The molecule has 1 rings (SSSR count). The second-order valence-corrected chi connectivity index (χ2v) is 5.01. The molecule has 3 nitrogen and oxygen atoms in total. The number of methoxy groups -OCH3 is 1. The number of hydrogen-bond donors (Lipinski definition) is 1. The number of ether oxygens (including phenoxy) is 1. The molecule has 0 saturated heterocycles. The highest BCUT2D eigenvalue weighted by Gasteiger charge is 2.40. The molecular weight excluding hydrogens is 327 g/mol. The first-order chi connectivity index (χ1) is 8.69. The predicted octanol–water partition coefficient (Wildman–Crippen LogP) is 2.99. The highest BCUT2D eigenvalue weighted by molar-refractivity contribution is 9.10. The number of rotatable bonds is 4. The van der Waals surface area contributed by atoms with Crippen LogP contribution in [0.25, 0.3) is 0 Å². The molecule has 0 spiro atoms. The van der Waals surface area contributed by atoms with E-state index in [1.54, 1.807) is 24.3 Å². The first kappa shape index (κ1) is 16.0. The molecule has 0 aliphatic rings. The predicted molar refractivity (Wildman–Crippen MR) is 67.6 cm³/mol. The van der Waals surface area contributed by atoms with Crippen LogP contribution >= 0.6 is 15.9 Å². The fourth-order valence-electron chi connectivity index (χ4n) is 1.57. The maximum atomic E-state index is 12.3. The van der Waals surface area contributed by atoms with Gasteiger partial charge in [-0.25, -0.2) is 4.79 Å². The van der Waals surface area contributed by atoms with Gasteiger partial charge in [-0.2, -0.15) is 13.2 Å². The van der Waals surface area contributed by atoms with Crippen LogP contribution in [0.4, 0.5) is 13.2 Å². The zero-order valence-electron chi connectivity index (χ0n) is 10.3. The van der Waals surface area contributed by atoms with Gasteiger partial charge in [0.2, 0.25) is 0 Å². The molecule has 0 saturated carbocycles. The van der Waals surface area contributed by atoms with Gasteiger partial charge in [-0.3, -0.25) is 5.32 Å². The van der Waals surface area contributed by atoms with Gasteiger partial charge in [0.05, 0.1) is 13.7 Å². The average Bonchev–Trinajstić information content (AvgIpc) is 2.34. The molecule has 0 aliphatic carbocycles. The Hall–Kier alpha value is -1.08. The molecule has 0 amide bonds. The molecule has 0 bridgehead atoms. The molecule has 0 aromatic heterocycles. The third-order valence-electron chi connectivity index (χ3n) is 2.64. The van der Waals surface area contributed by atoms with E-state index in [-0.39, 0.29) is 0 Å². The largest absolute Gasteiger partial charge is 0.467 e. The van der Waals surface area contributed by atoms with Gasteiger partial charge in [-0.15, -0.1) is 0 Å². The average molecular weight is 340 g/mol. The lowest BCUT2D eigenvalue weighted by atomic mass is 9.92. The summed E-state index contributed by atoms with van der Waals surface area (Å²) in [5.74, 6) is -0.783. The number of benzene rings is 1. The molecule has 1 aromatic rings. The van der Waals surface area contributed by atoms with E-state index < -0.39 is 24.2 Å². The Balaban J connectivity index is 3.09. The summed E-state index contributed by atoms with van der Waals surface area (Å²) < 4.78 is 42.2. The lowest BCUT2D eigenvalue weighted by Crippen LogP contribution is -2.50. The lowest BCUT2D eigenvalue weighted by molar-refractivity contribution is -0.153. The topological polar surface area (TPSA) is 38.3 Å². The molecular formula is C12H13BrF3NO2. The van der Waals surface area contributed by atoms with E-state index in [1.807, 2.05) is 0 Å². The first-order valence-electron chi connectivity index (χ1n) is 5.35. The van der Waals surface area contributed by atoms with Gasteiger partial charge in [0.1, 0.15) is 5.54 Å². The maximum absolute atomic E-state index is 12.3. The van der Waals surface area contributed by atoms with Crippen molar-refractivity contribution >= 4 is 21.9 Å². The Morgan fingerprint density at radius 2 is 2.05 bits per heavy atom. The van der Waals surface area contributed by atoms with Crippen molar-refractivity contribution in [3.63, 3.8) is 0 Å². The van der Waals surface area contributed by atoms with Gasteiger partial charge < -0.3 is 4.74 Å². The van der Waals surface area contributed by atoms with Crippen molar-refractivity contribution in [1.82, 2.24) is 5.32 Å². The number of alkyl halides is 3. The standard InChI is InChI=1S/C12H13BrF3NO2/c1-11(10(18)19-2,17-7-12(14,15)16)8-4-3-5-9(13)6-8/h3-6,17H,7H2,1-2H3. The monoisotopic (exact) mass is 339 g/mol. The third-order valence-corrected chi connectivity index (χ3v) is 3.13. The van der Waals surface area contributed by atoms with Gasteiger partial charge in [-0.05, 0) is 24.6 Å². The maximum Gasteiger partial charge on any atom is 0.401 e. The zero-order valence-corrected chi connectivity index (χ0v) is 11.9. The number of halogens is 4. The van der Waals surface area contributed by atoms with Crippen LogP contribution in [0.1, 0.15) is 12.5 Å². The number of esters is 1. The molecule has 1 aromatic carbocycles. The van der Waals surface area contributed by atoms with Gasteiger partial charge in [0.25, 0.3) is 0 Å². The van der Waals surface area contributed by atoms with Crippen LogP contribution in [0, 0.1) is 0 Å². The molecule has 1 unspecified atom stereocenters. The Kier molecular flexibility index (Phi) is 4.98. The minimum absolute atomic E-state index is 0.387. The van der Waals surface area contributed by atoms with Crippen molar-refractivity contribution in [3.05, 3.63) is 34.3 Å². The second kappa shape index (κ2) is 5.92. The van der Waals surface area contributed by atoms with Crippen molar-refractivity contribution in [3.8, 4) is 0 Å². The van der Waals surface area contributed by atoms with Crippen molar-refractivity contribution < 1.29 is 22.7 Å². The lowest BCUT2D eigenvalue weighted by Gasteiger charge is -2.29. The number of nitrogens with one attached hydrogen (secondary N) is 1. The molecule has 0 radical (unpaired) electrons. The summed E-state index contributed by atoms with van der Waals surface area (Å²) in [6, 6.07) is 6.48.